The van der Waals surface area contributed by atoms with Crippen molar-refractivity contribution in [2.24, 2.45) is 0 Å². The van der Waals surface area contributed by atoms with Gasteiger partial charge in [0.05, 0.1) is 11.4 Å². The molecule has 0 atom stereocenters. The number of anilines is 1. The maximum Gasteiger partial charge on any atom is 0.243 e. The van der Waals surface area contributed by atoms with Crippen LogP contribution in [-0.2, 0) is 27.7 Å². The van der Waals surface area contributed by atoms with Crippen molar-refractivity contribution < 1.29 is 13.2 Å². The number of sulfonamides is 1. The van der Waals surface area contributed by atoms with Gasteiger partial charge in [0.2, 0.25) is 15.9 Å². The van der Waals surface area contributed by atoms with Gasteiger partial charge in [0, 0.05) is 12.7 Å². The zero-order chi connectivity index (χ0) is 18.7. The lowest BCUT2D eigenvalue weighted by Gasteiger charge is -2.20. The number of likely N-dealkylation sites (N-methyl/N-ethyl adjacent to an activating group) is 1. The first-order valence-electron chi connectivity index (χ1n) is 8.81. The topological polar surface area (TPSA) is 66.5 Å². The van der Waals surface area contributed by atoms with E-state index < -0.39 is 10.0 Å². The molecule has 0 spiro atoms. The molecule has 0 aromatic heterocycles. The number of carbonyl (C=O) groups excluding carboxylic acids is 1. The minimum absolute atomic E-state index is 0.229. The maximum absolute atomic E-state index is 12.8. The van der Waals surface area contributed by atoms with Crippen LogP contribution in [0.2, 0.25) is 0 Å². The third-order valence-electron chi connectivity index (χ3n) is 4.73. The minimum atomic E-state index is -3.69. The van der Waals surface area contributed by atoms with Gasteiger partial charge in [0.15, 0.2) is 0 Å². The SMILES string of the molecule is Cc1ccc(NC(=O)CN(C)S(=O)(=O)c2ccc3c(c2)CCCC3)cc1. The van der Waals surface area contributed by atoms with Crippen LogP contribution >= 0.6 is 0 Å². The second-order valence-electron chi connectivity index (χ2n) is 6.81. The molecule has 0 saturated heterocycles. The molecular formula is C20H24N2O3S. The van der Waals surface area contributed by atoms with E-state index in [9.17, 15) is 13.2 Å². The van der Waals surface area contributed by atoms with Crippen LogP contribution in [0.1, 0.15) is 29.5 Å². The van der Waals surface area contributed by atoms with E-state index in [0.29, 0.717) is 5.69 Å². The number of aryl methyl sites for hydroxylation is 3. The molecule has 0 aliphatic heterocycles. The van der Waals surface area contributed by atoms with Crippen LogP contribution in [0.5, 0.6) is 0 Å². The van der Waals surface area contributed by atoms with Gasteiger partial charge in [-0.2, -0.15) is 4.31 Å². The average molecular weight is 372 g/mol. The van der Waals surface area contributed by atoms with Crippen molar-refractivity contribution in [1.29, 1.82) is 0 Å². The fourth-order valence-corrected chi connectivity index (χ4v) is 4.35. The van der Waals surface area contributed by atoms with Crippen molar-refractivity contribution in [2.75, 3.05) is 18.9 Å². The van der Waals surface area contributed by atoms with E-state index >= 15 is 0 Å². The summed E-state index contributed by atoms with van der Waals surface area (Å²) in [4.78, 5) is 12.5. The Balaban J connectivity index is 1.70. The first kappa shape index (κ1) is 18.6. The van der Waals surface area contributed by atoms with Gasteiger partial charge in [0.1, 0.15) is 0 Å². The monoisotopic (exact) mass is 372 g/mol. The highest BCUT2D eigenvalue weighted by molar-refractivity contribution is 7.89. The summed E-state index contributed by atoms with van der Waals surface area (Å²) in [7, 11) is -2.26. The molecule has 1 aliphatic carbocycles. The zero-order valence-corrected chi connectivity index (χ0v) is 16.0. The normalized spacial score (nSPS) is 14.1. The molecule has 138 valence electrons. The van der Waals surface area contributed by atoms with Gasteiger partial charge < -0.3 is 5.32 Å². The highest BCUT2D eigenvalue weighted by Crippen LogP contribution is 2.25. The number of hydrogen-bond donors (Lipinski definition) is 1. The molecule has 2 aromatic rings. The highest BCUT2D eigenvalue weighted by atomic mass is 32.2. The highest BCUT2D eigenvalue weighted by Gasteiger charge is 2.24. The largest absolute Gasteiger partial charge is 0.325 e. The fraction of sp³-hybridized carbons (Fsp3) is 0.350. The Bertz CT molecular complexity index is 905. The van der Waals surface area contributed by atoms with Crippen LogP contribution < -0.4 is 5.32 Å². The van der Waals surface area contributed by atoms with Crippen molar-refractivity contribution in [2.45, 2.75) is 37.5 Å². The van der Waals surface area contributed by atoms with Gasteiger partial charge in [-0.05, 0) is 68.0 Å². The van der Waals surface area contributed by atoms with Crippen LogP contribution in [0.25, 0.3) is 0 Å². The number of amides is 1. The second kappa shape index (κ2) is 7.60. The third kappa shape index (κ3) is 4.14. The fourth-order valence-electron chi connectivity index (χ4n) is 3.17. The summed E-state index contributed by atoms with van der Waals surface area (Å²) >= 11 is 0. The first-order chi connectivity index (χ1) is 12.4. The van der Waals surface area contributed by atoms with E-state index in [2.05, 4.69) is 5.32 Å². The molecular weight excluding hydrogens is 348 g/mol. The molecule has 1 amide bonds. The molecule has 0 heterocycles. The molecule has 0 unspecified atom stereocenters. The summed E-state index contributed by atoms with van der Waals surface area (Å²) in [6.45, 7) is 1.73. The standard InChI is InChI=1S/C20H24N2O3S/c1-15-7-10-18(11-8-15)21-20(23)14-22(2)26(24,25)19-12-9-16-5-3-4-6-17(16)13-19/h7-13H,3-6,14H2,1-2H3,(H,21,23). The number of nitrogens with one attached hydrogen (secondary N) is 1. The Morgan fingerprint density at radius 1 is 1.04 bits per heavy atom. The van der Waals surface area contributed by atoms with Crippen molar-refractivity contribution >= 4 is 21.6 Å². The van der Waals surface area contributed by atoms with Crippen molar-refractivity contribution in [3.63, 3.8) is 0 Å². The Morgan fingerprint density at radius 2 is 1.69 bits per heavy atom. The number of fused-ring (bicyclic) bond motifs is 1. The summed E-state index contributed by atoms with van der Waals surface area (Å²) < 4.78 is 26.7. The van der Waals surface area contributed by atoms with E-state index in [4.69, 9.17) is 0 Å². The summed E-state index contributed by atoms with van der Waals surface area (Å²) in [5, 5.41) is 2.73. The molecule has 0 fully saturated rings. The van der Waals surface area contributed by atoms with Crippen LogP contribution in [0.4, 0.5) is 5.69 Å². The lowest BCUT2D eigenvalue weighted by atomic mass is 9.92. The number of rotatable bonds is 5. The van der Waals surface area contributed by atoms with Crippen LogP contribution in [-0.4, -0.2) is 32.2 Å². The summed E-state index contributed by atoms with van der Waals surface area (Å²) in [5.74, 6) is -0.363. The van der Waals surface area contributed by atoms with Crippen LogP contribution in [0.3, 0.4) is 0 Å². The molecule has 2 aromatic carbocycles. The van der Waals surface area contributed by atoms with Crippen molar-refractivity contribution in [1.82, 2.24) is 4.31 Å². The quantitative estimate of drug-likeness (QED) is 0.877. The van der Waals surface area contributed by atoms with Crippen LogP contribution in [0, 0.1) is 6.92 Å². The second-order valence-corrected chi connectivity index (χ2v) is 8.86. The molecule has 6 heteroatoms. The third-order valence-corrected chi connectivity index (χ3v) is 6.53. The van der Waals surface area contributed by atoms with Crippen molar-refractivity contribution in [3.8, 4) is 0 Å². The maximum atomic E-state index is 12.8. The van der Waals surface area contributed by atoms with E-state index in [1.54, 1.807) is 24.3 Å². The molecule has 3 rings (SSSR count). The predicted molar refractivity (Wildman–Crippen MR) is 103 cm³/mol. The molecule has 26 heavy (non-hydrogen) atoms. The minimum Gasteiger partial charge on any atom is -0.325 e. The molecule has 0 bridgehead atoms. The van der Waals surface area contributed by atoms with Crippen molar-refractivity contribution in [3.05, 3.63) is 59.2 Å². The number of hydrogen-bond acceptors (Lipinski definition) is 3. The average Bonchev–Trinajstić information content (AvgIpc) is 2.63. The van der Waals surface area contributed by atoms with Gasteiger partial charge in [0.25, 0.3) is 0 Å². The van der Waals surface area contributed by atoms with Crippen LogP contribution in [0.15, 0.2) is 47.4 Å². The van der Waals surface area contributed by atoms with Gasteiger partial charge in [-0.15, -0.1) is 0 Å². The van der Waals surface area contributed by atoms with Gasteiger partial charge in [-0.1, -0.05) is 23.8 Å². The zero-order valence-electron chi connectivity index (χ0n) is 15.2. The van der Waals surface area contributed by atoms with E-state index in [0.717, 1.165) is 41.1 Å². The van der Waals surface area contributed by atoms with Gasteiger partial charge in [-0.25, -0.2) is 8.42 Å². The Morgan fingerprint density at radius 3 is 2.38 bits per heavy atom. The van der Waals surface area contributed by atoms with E-state index in [-0.39, 0.29) is 17.3 Å². The smallest absolute Gasteiger partial charge is 0.243 e. The summed E-state index contributed by atoms with van der Waals surface area (Å²) in [6, 6.07) is 12.7. The van der Waals surface area contributed by atoms with Gasteiger partial charge in [-0.3, -0.25) is 4.79 Å². The lowest BCUT2D eigenvalue weighted by molar-refractivity contribution is -0.116. The first-order valence-corrected chi connectivity index (χ1v) is 10.2. The molecule has 0 saturated carbocycles. The summed E-state index contributed by atoms with van der Waals surface area (Å²) in [5.41, 5.74) is 4.08. The van der Waals surface area contributed by atoms with E-state index in [1.165, 1.54) is 12.6 Å². The molecule has 0 radical (unpaired) electrons. The van der Waals surface area contributed by atoms with Gasteiger partial charge >= 0.3 is 0 Å². The van der Waals surface area contributed by atoms with E-state index in [1.807, 2.05) is 25.1 Å². The number of benzene rings is 2. The number of nitrogens with zero attached hydrogens (tertiary/aromatic N) is 1. The molecule has 1 aliphatic rings. The number of carbonyl (C=O) groups is 1. The predicted octanol–water partition coefficient (Wildman–Crippen LogP) is 3.13. The Labute approximate surface area is 155 Å². The molecule has 5 nitrogen and oxygen atoms in total. The Kier molecular flexibility index (Phi) is 5.44. The Hall–Kier alpha value is -2.18. The molecule has 1 N–H and O–H groups in total. The lowest BCUT2D eigenvalue weighted by Crippen LogP contribution is -2.35. The summed E-state index contributed by atoms with van der Waals surface area (Å²) in [6.07, 6.45) is 4.16.